The van der Waals surface area contributed by atoms with Crippen molar-refractivity contribution in [2.24, 2.45) is 0 Å². The second kappa shape index (κ2) is 7.39. The molecule has 1 aliphatic rings. The highest BCUT2D eigenvalue weighted by atomic mass is 32.1. The number of carbonyl (C=O) groups is 2. The maximum atomic E-state index is 11.9. The van der Waals surface area contributed by atoms with Crippen LogP contribution < -0.4 is 15.0 Å². The third-order valence-corrected chi connectivity index (χ3v) is 4.59. The summed E-state index contributed by atoms with van der Waals surface area (Å²) >= 11 is 1.35. The average Bonchev–Trinajstić information content (AvgIpc) is 3.22. The van der Waals surface area contributed by atoms with E-state index in [0.717, 1.165) is 30.1 Å². The number of nitrogens with zero attached hydrogens (tertiary/aromatic N) is 3. The Balaban J connectivity index is 1.50. The van der Waals surface area contributed by atoms with E-state index in [2.05, 4.69) is 15.5 Å². The van der Waals surface area contributed by atoms with Crippen LogP contribution in [0.25, 0.3) is 0 Å². The molecule has 1 N–H and O–H groups in total. The SMILES string of the molecule is CCc1nnc(NC(=O)COc2ccc(N3CCCC3=O)cc2)s1. The minimum absolute atomic E-state index is 0.108. The van der Waals surface area contributed by atoms with Crippen LogP contribution in [-0.2, 0) is 16.0 Å². The van der Waals surface area contributed by atoms with Crippen molar-refractivity contribution in [2.75, 3.05) is 23.4 Å². The van der Waals surface area contributed by atoms with E-state index in [0.29, 0.717) is 17.3 Å². The molecule has 2 aromatic rings. The Hall–Kier alpha value is -2.48. The van der Waals surface area contributed by atoms with Gasteiger partial charge in [-0.15, -0.1) is 10.2 Å². The van der Waals surface area contributed by atoms with Gasteiger partial charge in [0.15, 0.2) is 6.61 Å². The van der Waals surface area contributed by atoms with Gasteiger partial charge in [0.1, 0.15) is 10.8 Å². The van der Waals surface area contributed by atoms with Crippen LogP contribution in [0.1, 0.15) is 24.8 Å². The first-order chi connectivity index (χ1) is 11.7. The van der Waals surface area contributed by atoms with E-state index in [1.807, 2.05) is 19.1 Å². The lowest BCUT2D eigenvalue weighted by Gasteiger charge is -2.16. The van der Waals surface area contributed by atoms with E-state index >= 15 is 0 Å². The maximum Gasteiger partial charge on any atom is 0.264 e. The number of rotatable bonds is 6. The third kappa shape index (κ3) is 3.88. The maximum absolute atomic E-state index is 11.9. The predicted octanol–water partition coefficient (Wildman–Crippen LogP) is 2.24. The molecule has 8 heteroatoms. The molecule has 2 amide bonds. The monoisotopic (exact) mass is 346 g/mol. The Labute approximate surface area is 143 Å². The summed E-state index contributed by atoms with van der Waals surface area (Å²) in [5, 5.41) is 11.8. The van der Waals surface area contributed by atoms with Crippen molar-refractivity contribution >= 4 is 34.0 Å². The molecule has 1 fully saturated rings. The summed E-state index contributed by atoms with van der Waals surface area (Å²) in [7, 11) is 0. The van der Waals surface area contributed by atoms with Crippen molar-refractivity contribution in [3.05, 3.63) is 29.3 Å². The molecule has 3 rings (SSSR count). The zero-order valence-corrected chi connectivity index (χ0v) is 14.1. The topological polar surface area (TPSA) is 84.4 Å². The number of benzene rings is 1. The molecular weight excluding hydrogens is 328 g/mol. The van der Waals surface area contributed by atoms with E-state index < -0.39 is 0 Å². The molecule has 126 valence electrons. The highest BCUT2D eigenvalue weighted by Gasteiger charge is 2.21. The first-order valence-electron chi connectivity index (χ1n) is 7.81. The van der Waals surface area contributed by atoms with E-state index in [1.165, 1.54) is 11.3 Å². The van der Waals surface area contributed by atoms with Gasteiger partial charge in [0.2, 0.25) is 11.0 Å². The van der Waals surface area contributed by atoms with Crippen LogP contribution in [0.4, 0.5) is 10.8 Å². The van der Waals surface area contributed by atoms with Gasteiger partial charge < -0.3 is 9.64 Å². The largest absolute Gasteiger partial charge is 0.484 e. The number of ether oxygens (including phenoxy) is 1. The molecule has 1 saturated heterocycles. The van der Waals surface area contributed by atoms with Crippen LogP contribution in [0.3, 0.4) is 0 Å². The average molecular weight is 346 g/mol. The molecule has 0 atom stereocenters. The number of hydrogen-bond donors (Lipinski definition) is 1. The van der Waals surface area contributed by atoms with Crippen molar-refractivity contribution in [1.82, 2.24) is 10.2 Å². The van der Waals surface area contributed by atoms with Gasteiger partial charge in [-0.3, -0.25) is 14.9 Å². The molecule has 2 heterocycles. The van der Waals surface area contributed by atoms with Crippen molar-refractivity contribution in [2.45, 2.75) is 26.2 Å². The quantitative estimate of drug-likeness (QED) is 0.867. The minimum atomic E-state index is -0.285. The Bertz CT molecular complexity index is 729. The summed E-state index contributed by atoms with van der Waals surface area (Å²) in [4.78, 5) is 25.3. The lowest BCUT2D eigenvalue weighted by atomic mass is 10.3. The lowest BCUT2D eigenvalue weighted by molar-refractivity contribution is -0.118. The minimum Gasteiger partial charge on any atom is -0.484 e. The van der Waals surface area contributed by atoms with Crippen LogP contribution in [-0.4, -0.2) is 35.2 Å². The van der Waals surface area contributed by atoms with Gasteiger partial charge in [0.25, 0.3) is 5.91 Å². The number of aromatic nitrogens is 2. The molecule has 7 nitrogen and oxygen atoms in total. The van der Waals surface area contributed by atoms with E-state index in [4.69, 9.17) is 4.74 Å². The number of aryl methyl sites for hydroxylation is 1. The van der Waals surface area contributed by atoms with Gasteiger partial charge in [0, 0.05) is 18.7 Å². The normalized spacial score (nSPS) is 14.0. The van der Waals surface area contributed by atoms with E-state index in [9.17, 15) is 9.59 Å². The van der Waals surface area contributed by atoms with Crippen molar-refractivity contribution in [1.29, 1.82) is 0 Å². The van der Waals surface area contributed by atoms with Crippen molar-refractivity contribution in [3.8, 4) is 5.75 Å². The molecule has 1 aromatic heterocycles. The molecule has 0 radical (unpaired) electrons. The van der Waals surface area contributed by atoms with E-state index in [-0.39, 0.29) is 18.4 Å². The third-order valence-electron chi connectivity index (χ3n) is 3.61. The standard InChI is InChI=1S/C16H18N4O3S/c1-2-14-18-19-16(24-14)17-13(21)10-23-12-7-5-11(6-8-12)20-9-3-4-15(20)22/h5-8H,2-4,9-10H2,1H3,(H,17,19,21). The molecule has 1 aliphatic heterocycles. The molecule has 0 aliphatic carbocycles. The van der Waals surface area contributed by atoms with Crippen LogP contribution in [0, 0.1) is 0 Å². The fourth-order valence-corrected chi connectivity index (χ4v) is 3.09. The summed E-state index contributed by atoms with van der Waals surface area (Å²) < 4.78 is 5.46. The molecule has 24 heavy (non-hydrogen) atoms. The highest BCUT2D eigenvalue weighted by Crippen LogP contribution is 2.24. The van der Waals surface area contributed by atoms with E-state index in [1.54, 1.807) is 17.0 Å². The Morgan fingerprint density at radius 3 is 2.75 bits per heavy atom. The molecule has 0 unspecified atom stereocenters. The fourth-order valence-electron chi connectivity index (χ4n) is 2.39. The van der Waals surface area contributed by atoms with Gasteiger partial charge in [-0.2, -0.15) is 0 Å². The number of amides is 2. The number of anilines is 2. The summed E-state index contributed by atoms with van der Waals surface area (Å²) in [5.41, 5.74) is 0.857. The summed E-state index contributed by atoms with van der Waals surface area (Å²) in [6.07, 6.45) is 2.28. The molecule has 0 spiro atoms. The number of nitrogens with one attached hydrogen (secondary N) is 1. The predicted molar refractivity (Wildman–Crippen MR) is 91.4 cm³/mol. The molecule has 0 bridgehead atoms. The van der Waals surface area contributed by atoms with Gasteiger partial charge in [0.05, 0.1) is 0 Å². The van der Waals surface area contributed by atoms with Crippen LogP contribution >= 0.6 is 11.3 Å². The van der Waals surface area contributed by atoms with Crippen molar-refractivity contribution < 1.29 is 14.3 Å². The smallest absolute Gasteiger partial charge is 0.264 e. The summed E-state index contributed by atoms with van der Waals surface area (Å²) in [6, 6.07) is 7.17. The zero-order valence-electron chi connectivity index (χ0n) is 13.3. The van der Waals surface area contributed by atoms with Crippen LogP contribution in [0.5, 0.6) is 5.75 Å². The zero-order chi connectivity index (χ0) is 16.9. The highest BCUT2D eigenvalue weighted by molar-refractivity contribution is 7.15. The number of hydrogen-bond acceptors (Lipinski definition) is 6. The molecule has 0 saturated carbocycles. The molecule has 1 aromatic carbocycles. The van der Waals surface area contributed by atoms with Crippen molar-refractivity contribution in [3.63, 3.8) is 0 Å². The Morgan fingerprint density at radius 1 is 1.33 bits per heavy atom. The fraction of sp³-hybridized carbons (Fsp3) is 0.375. The summed E-state index contributed by atoms with van der Waals surface area (Å²) in [5.74, 6) is 0.436. The first kappa shape index (κ1) is 16.4. The number of carbonyl (C=O) groups excluding carboxylic acids is 2. The Kier molecular flexibility index (Phi) is 5.05. The summed E-state index contributed by atoms with van der Waals surface area (Å²) in [6.45, 7) is 2.63. The van der Waals surface area contributed by atoms with Crippen LogP contribution in [0.15, 0.2) is 24.3 Å². The van der Waals surface area contributed by atoms with Gasteiger partial charge in [-0.05, 0) is 37.1 Å². The first-order valence-corrected chi connectivity index (χ1v) is 8.63. The second-order valence-electron chi connectivity index (χ2n) is 5.33. The Morgan fingerprint density at radius 2 is 2.12 bits per heavy atom. The lowest BCUT2D eigenvalue weighted by Crippen LogP contribution is -2.23. The van der Waals surface area contributed by atoms with Gasteiger partial charge >= 0.3 is 0 Å². The second-order valence-corrected chi connectivity index (χ2v) is 6.40. The van der Waals surface area contributed by atoms with Gasteiger partial charge in [-0.25, -0.2) is 0 Å². The van der Waals surface area contributed by atoms with Crippen LogP contribution in [0.2, 0.25) is 0 Å². The van der Waals surface area contributed by atoms with Gasteiger partial charge in [-0.1, -0.05) is 18.3 Å². The molecular formula is C16H18N4O3S.